The third kappa shape index (κ3) is 3.57. The van der Waals surface area contributed by atoms with E-state index in [1.165, 1.54) is 11.3 Å². The van der Waals surface area contributed by atoms with Gasteiger partial charge in [-0.2, -0.15) is 0 Å². The molecule has 5 heteroatoms. The number of aryl methyl sites for hydroxylation is 1. The molecule has 4 nitrogen and oxygen atoms in total. The first kappa shape index (κ1) is 15.2. The number of hydrogen-bond donors (Lipinski definition) is 2. The molecule has 0 unspecified atom stereocenters. The average Bonchev–Trinajstić information content (AvgIpc) is 2.86. The molecule has 1 aromatic heterocycles. The van der Waals surface area contributed by atoms with Crippen LogP contribution in [0.5, 0.6) is 0 Å². The summed E-state index contributed by atoms with van der Waals surface area (Å²) in [5.74, 6) is 0.0918. The summed E-state index contributed by atoms with van der Waals surface area (Å²) < 4.78 is 0. The Kier molecular flexibility index (Phi) is 4.39. The Morgan fingerprint density at radius 3 is 2.91 bits per heavy atom. The molecule has 2 aromatic rings. The molecule has 0 saturated carbocycles. The van der Waals surface area contributed by atoms with Crippen LogP contribution < -0.4 is 5.32 Å². The maximum absolute atomic E-state index is 12.3. The van der Waals surface area contributed by atoms with Crippen molar-refractivity contribution in [1.82, 2.24) is 4.98 Å². The number of allylic oxidation sites excluding steroid dienone is 5. The van der Waals surface area contributed by atoms with Crippen LogP contribution >= 0.6 is 11.3 Å². The number of hydrogen-bond acceptors (Lipinski definition) is 4. The van der Waals surface area contributed by atoms with E-state index in [-0.39, 0.29) is 5.91 Å². The number of carbonyl (C=O) groups excluding carboxylic acids is 1. The van der Waals surface area contributed by atoms with Gasteiger partial charge in [-0.15, -0.1) is 11.3 Å². The molecule has 2 N–H and O–H groups in total. The van der Waals surface area contributed by atoms with Crippen LogP contribution in [-0.2, 0) is 0 Å². The smallest absolute Gasteiger partial charge is 0.275 e. The highest BCUT2D eigenvalue weighted by atomic mass is 32.1. The number of nitrogens with one attached hydrogen (secondary N) is 1. The van der Waals surface area contributed by atoms with Crippen molar-refractivity contribution >= 4 is 28.5 Å². The second-order valence-electron chi connectivity index (χ2n) is 5.14. The molecule has 0 saturated heterocycles. The Balaban J connectivity index is 1.91. The molecule has 3 rings (SSSR count). The van der Waals surface area contributed by atoms with E-state index >= 15 is 0 Å². The lowest BCUT2D eigenvalue weighted by Gasteiger charge is -2.11. The highest BCUT2D eigenvalue weighted by Crippen LogP contribution is 2.27. The van der Waals surface area contributed by atoms with E-state index in [0.29, 0.717) is 23.6 Å². The lowest BCUT2D eigenvalue weighted by atomic mass is 10.0. The number of nitrogens with zero attached hydrogens (tertiary/aromatic N) is 1. The van der Waals surface area contributed by atoms with Crippen molar-refractivity contribution in [2.75, 3.05) is 5.32 Å². The molecule has 1 aliphatic carbocycles. The Bertz CT molecular complexity index is 831. The van der Waals surface area contributed by atoms with E-state index in [1.807, 2.05) is 49.4 Å². The summed E-state index contributed by atoms with van der Waals surface area (Å²) >= 11 is 1.45. The monoisotopic (exact) mass is 324 g/mol. The van der Waals surface area contributed by atoms with Gasteiger partial charge in [0.25, 0.3) is 5.91 Å². The second kappa shape index (κ2) is 6.62. The summed E-state index contributed by atoms with van der Waals surface area (Å²) in [5, 5.41) is 15.1. The maximum Gasteiger partial charge on any atom is 0.275 e. The molecule has 0 aliphatic heterocycles. The van der Waals surface area contributed by atoms with Gasteiger partial charge in [0, 0.05) is 23.1 Å². The summed E-state index contributed by atoms with van der Waals surface area (Å²) in [6.07, 6.45) is 7.87. The van der Waals surface area contributed by atoms with Crippen LogP contribution in [-0.4, -0.2) is 16.0 Å². The minimum Gasteiger partial charge on any atom is -0.512 e. The maximum atomic E-state index is 12.3. The number of aliphatic hydroxyl groups is 1. The molecule has 1 aromatic carbocycles. The van der Waals surface area contributed by atoms with Crippen molar-refractivity contribution in [2.45, 2.75) is 13.3 Å². The summed E-state index contributed by atoms with van der Waals surface area (Å²) in [5.41, 5.74) is 2.97. The van der Waals surface area contributed by atoms with Crippen molar-refractivity contribution in [2.24, 2.45) is 0 Å². The molecule has 1 amide bonds. The first-order chi connectivity index (χ1) is 11.1. The molecular weight excluding hydrogens is 308 g/mol. The van der Waals surface area contributed by atoms with Gasteiger partial charge in [0.15, 0.2) is 0 Å². The van der Waals surface area contributed by atoms with E-state index in [9.17, 15) is 9.90 Å². The second-order valence-corrected chi connectivity index (χ2v) is 6.20. The number of rotatable bonds is 3. The minimum absolute atomic E-state index is 0.224. The summed E-state index contributed by atoms with van der Waals surface area (Å²) in [6, 6.07) is 7.59. The number of aromatic nitrogens is 1. The molecule has 0 spiro atoms. The van der Waals surface area contributed by atoms with Crippen LogP contribution in [0.3, 0.4) is 0 Å². The quantitative estimate of drug-likeness (QED) is 0.874. The van der Waals surface area contributed by atoms with Crippen molar-refractivity contribution < 1.29 is 9.90 Å². The summed E-state index contributed by atoms with van der Waals surface area (Å²) in [7, 11) is 0. The Hall–Kier alpha value is -2.66. The van der Waals surface area contributed by atoms with E-state index in [0.717, 1.165) is 16.1 Å². The molecule has 1 heterocycles. The van der Waals surface area contributed by atoms with E-state index in [2.05, 4.69) is 10.3 Å². The average molecular weight is 324 g/mol. The number of anilines is 1. The van der Waals surface area contributed by atoms with E-state index in [1.54, 1.807) is 11.5 Å². The van der Waals surface area contributed by atoms with Gasteiger partial charge >= 0.3 is 0 Å². The van der Waals surface area contributed by atoms with Gasteiger partial charge in [-0.3, -0.25) is 4.79 Å². The summed E-state index contributed by atoms with van der Waals surface area (Å²) in [6.45, 7) is 1.87. The largest absolute Gasteiger partial charge is 0.512 e. The standard InChI is InChI=1S/C18H16N2O2S/c1-12-19-17(11-23-12)18(22)20-16-8-3-2-7-15(16)13-5-4-6-14(21)10-9-13/h2-5,7-11,21H,6H2,1H3,(H,20,22). The predicted molar refractivity (Wildman–Crippen MR) is 93.7 cm³/mol. The third-order valence-electron chi connectivity index (χ3n) is 3.42. The van der Waals surface area contributed by atoms with Crippen LogP contribution in [0.15, 0.2) is 59.7 Å². The molecule has 0 bridgehead atoms. The normalized spacial score (nSPS) is 14.0. The van der Waals surface area contributed by atoms with Gasteiger partial charge in [0.1, 0.15) is 5.69 Å². The van der Waals surface area contributed by atoms with E-state index < -0.39 is 0 Å². The number of amides is 1. The van der Waals surface area contributed by atoms with Crippen LogP contribution in [0.4, 0.5) is 5.69 Å². The molecule has 1 aliphatic rings. The number of carbonyl (C=O) groups is 1. The van der Waals surface area contributed by atoms with Gasteiger partial charge in [0.2, 0.25) is 0 Å². The van der Waals surface area contributed by atoms with Crippen LogP contribution in [0.2, 0.25) is 0 Å². The zero-order valence-corrected chi connectivity index (χ0v) is 13.4. The van der Waals surface area contributed by atoms with Gasteiger partial charge in [0.05, 0.1) is 10.8 Å². The minimum atomic E-state index is -0.224. The first-order valence-electron chi connectivity index (χ1n) is 7.23. The molecule has 116 valence electrons. The van der Waals surface area contributed by atoms with Crippen molar-refractivity contribution in [3.63, 3.8) is 0 Å². The van der Waals surface area contributed by atoms with Crippen molar-refractivity contribution in [3.8, 4) is 0 Å². The lowest BCUT2D eigenvalue weighted by Crippen LogP contribution is -2.13. The molecule has 0 fully saturated rings. The zero-order valence-electron chi connectivity index (χ0n) is 12.6. The van der Waals surface area contributed by atoms with Gasteiger partial charge in [-0.05, 0) is 24.6 Å². The fraction of sp³-hybridized carbons (Fsp3) is 0.111. The number of thiazole rings is 1. The van der Waals surface area contributed by atoms with Crippen LogP contribution in [0, 0.1) is 6.92 Å². The van der Waals surface area contributed by atoms with Crippen molar-refractivity contribution in [3.05, 3.63) is 76.0 Å². The predicted octanol–water partition coefficient (Wildman–Crippen LogP) is 4.49. The Labute approximate surface area is 138 Å². The Morgan fingerprint density at radius 2 is 2.13 bits per heavy atom. The SMILES string of the molecule is Cc1nc(C(=O)Nc2ccccc2C2=CC=C(O)CC=C2)cs1. The highest BCUT2D eigenvalue weighted by molar-refractivity contribution is 7.09. The fourth-order valence-electron chi connectivity index (χ4n) is 2.29. The molecule has 23 heavy (non-hydrogen) atoms. The zero-order chi connectivity index (χ0) is 16.2. The third-order valence-corrected chi connectivity index (χ3v) is 4.19. The lowest BCUT2D eigenvalue weighted by molar-refractivity contribution is 0.102. The van der Waals surface area contributed by atoms with Crippen molar-refractivity contribution in [1.29, 1.82) is 0 Å². The van der Waals surface area contributed by atoms with Gasteiger partial charge in [-0.1, -0.05) is 36.4 Å². The molecule has 0 atom stereocenters. The molecule has 0 radical (unpaired) electrons. The molecular formula is C18H16N2O2S. The number of benzene rings is 1. The fourth-order valence-corrected chi connectivity index (χ4v) is 2.89. The van der Waals surface area contributed by atoms with Gasteiger partial charge < -0.3 is 10.4 Å². The number of para-hydroxylation sites is 1. The summed E-state index contributed by atoms with van der Waals surface area (Å²) in [4.78, 5) is 16.5. The Morgan fingerprint density at radius 1 is 1.30 bits per heavy atom. The first-order valence-corrected chi connectivity index (χ1v) is 8.10. The van der Waals surface area contributed by atoms with Gasteiger partial charge in [-0.25, -0.2) is 4.98 Å². The van der Waals surface area contributed by atoms with Crippen LogP contribution in [0.1, 0.15) is 27.5 Å². The number of aliphatic hydroxyl groups excluding tert-OH is 1. The van der Waals surface area contributed by atoms with E-state index in [4.69, 9.17) is 0 Å². The highest BCUT2D eigenvalue weighted by Gasteiger charge is 2.13. The topological polar surface area (TPSA) is 62.2 Å². The van der Waals surface area contributed by atoms with Crippen LogP contribution in [0.25, 0.3) is 5.57 Å².